The molecule has 0 saturated heterocycles. The van der Waals surface area contributed by atoms with Gasteiger partial charge in [-0.15, -0.1) is 11.8 Å². The number of benzene rings is 1. The van der Waals surface area contributed by atoms with E-state index in [9.17, 15) is 4.79 Å². The lowest BCUT2D eigenvalue weighted by molar-refractivity contribution is 0.0696. The van der Waals surface area contributed by atoms with E-state index in [1.807, 2.05) is 25.3 Å². The van der Waals surface area contributed by atoms with Gasteiger partial charge in [0, 0.05) is 11.7 Å². The Bertz CT molecular complexity index is 507. The second kappa shape index (κ2) is 6.39. The van der Waals surface area contributed by atoms with Crippen molar-refractivity contribution in [2.45, 2.75) is 26.6 Å². The summed E-state index contributed by atoms with van der Waals surface area (Å²) < 4.78 is 0. The molecule has 0 fully saturated rings. The third-order valence-corrected chi connectivity index (χ3v) is 4.45. The van der Waals surface area contributed by atoms with Crippen molar-refractivity contribution in [1.29, 1.82) is 0 Å². The van der Waals surface area contributed by atoms with Gasteiger partial charge in [-0.3, -0.25) is 4.99 Å². The Balaban J connectivity index is 3.07. The largest absolute Gasteiger partial charge is 0.478 e. The Morgan fingerprint density at radius 1 is 1.37 bits per heavy atom. The summed E-state index contributed by atoms with van der Waals surface area (Å²) in [5, 5.41) is 10.0. The van der Waals surface area contributed by atoms with Crippen LogP contribution in [0, 0.1) is 6.92 Å². The smallest absolute Gasteiger partial charge is 0.335 e. The molecule has 5 heteroatoms. The summed E-state index contributed by atoms with van der Waals surface area (Å²) in [6, 6.07) is 5.41. The van der Waals surface area contributed by atoms with Crippen LogP contribution in [-0.4, -0.2) is 36.6 Å². The maximum Gasteiger partial charge on any atom is 0.335 e. The molecule has 1 aromatic rings. The van der Waals surface area contributed by atoms with Crippen LogP contribution in [0.15, 0.2) is 23.2 Å². The number of rotatable bonds is 4. The molecule has 0 saturated carbocycles. The van der Waals surface area contributed by atoms with Crippen LogP contribution >= 0.6 is 11.8 Å². The first-order valence-electron chi connectivity index (χ1n) is 6.17. The summed E-state index contributed by atoms with van der Waals surface area (Å²) in [5.74, 6) is -0.881. The minimum absolute atomic E-state index is 0.356. The van der Waals surface area contributed by atoms with Crippen molar-refractivity contribution in [2.75, 3.05) is 12.4 Å². The van der Waals surface area contributed by atoms with E-state index in [1.54, 1.807) is 17.8 Å². The molecular formula is C14H21NO2SSi. The fourth-order valence-corrected chi connectivity index (χ4v) is 2.92. The van der Waals surface area contributed by atoms with Crippen molar-refractivity contribution in [3.8, 4) is 0 Å². The number of carboxylic acid groups (broad SMARTS) is 1. The van der Waals surface area contributed by atoms with Crippen molar-refractivity contribution < 1.29 is 9.90 Å². The van der Waals surface area contributed by atoms with Crippen molar-refractivity contribution in [3.05, 3.63) is 34.9 Å². The second-order valence-corrected chi connectivity index (χ2v) is 12.0. The SMILES string of the molecule is CSC(=NC[Si](C)(C)C)c1ccc(C(=O)O)c(C)c1. The maximum atomic E-state index is 11.0. The highest BCUT2D eigenvalue weighted by molar-refractivity contribution is 8.13. The number of nitrogens with zero attached hydrogens (tertiary/aromatic N) is 1. The van der Waals surface area contributed by atoms with Gasteiger partial charge in [0.2, 0.25) is 0 Å². The number of hydrogen-bond donors (Lipinski definition) is 1. The van der Waals surface area contributed by atoms with E-state index in [1.165, 1.54) is 0 Å². The average molecular weight is 295 g/mol. The van der Waals surface area contributed by atoms with Crippen LogP contribution in [0.25, 0.3) is 0 Å². The Kier molecular flexibility index (Phi) is 5.37. The van der Waals surface area contributed by atoms with Crippen molar-refractivity contribution in [1.82, 2.24) is 0 Å². The Labute approximate surface area is 120 Å². The highest BCUT2D eigenvalue weighted by Gasteiger charge is 2.14. The topological polar surface area (TPSA) is 49.7 Å². The molecule has 1 rings (SSSR count). The summed E-state index contributed by atoms with van der Waals surface area (Å²) in [6.45, 7) is 8.68. The Morgan fingerprint density at radius 2 is 2.00 bits per heavy atom. The van der Waals surface area contributed by atoms with Gasteiger partial charge in [0.25, 0.3) is 0 Å². The van der Waals surface area contributed by atoms with Crippen LogP contribution < -0.4 is 0 Å². The van der Waals surface area contributed by atoms with Gasteiger partial charge >= 0.3 is 5.97 Å². The van der Waals surface area contributed by atoms with Crippen molar-refractivity contribution >= 4 is 30.8 Å². The standard InChI is InChI=1S/C14H21NO2SSi/c1-10-8-11(6-7-12(10)14(16)17)13(18-2)15-9-19(3,4)5/h6-8H,9H2,1-5H3,(H,16,17). The molecule has 1 N–H and O–H groups in total. The first-order chi connectivity index (χ1) is 8.74. The predicted molar refractivity (Wildman–Crippen MR) is 86.4 cm³/mol. The minimum atomic E-state index is -1.21. The molecule has 0 aromatic heterocycles. The van der Waals surface area contributed by atoms with Crippen LogP contribution in [0.4, 0.5) is 0 Å². The molecule has 0 aliphatic heterocycles. The normalized spacial score (nSPS) is 12.6. The molecule has 1 aromatic carbocycles. The third-order valence-electron chi connectivity index (χ3n) is 2.59. The summed E-state index contributed by atoms with van der Waals surface area (Å²) >= 11 is 1.61. The van der Waals surface area contributed by atoms with Crippen LogP contribution in [0.1, 0.15) is 21.5 Å². The van der Waals surface area contributed by atoms with Crippen LogP contribution in [0.2, 0.25) is 19.6 Å². The van der Waals surface area contributed by atoms with E-state index < -0.39 is 14.0 Å². The highest BCUT2D eigenvalue weighted by atomic mass is 32.2. The number of carbonyl (C=O) groups is 1. The van der Waals surface area contributed by atoms with Crippen LogP contribution in [0.3, 0.4) is 0 Å². The van der Waals surface area contributed by atoms with Crippen LogP contribution in [0.5, 0.6) is 0 Å². The van der Waals surface area contributed by atoms with Crippen LogP contribution in [-0.2, 0) is 0 Å². The number of carboxylic acids is 1. The number of aromatic carboxylic acids is 1. The predicted octanol–water partition coefficient (Wildman–Crippen LogP) is 3.68. The zero-order valence-corrected chi connectivity index (χ0v) is 14.0. The number of aliphatic imine (C=N–C) groups is 1. The fourth-order valence-electron chi connectivity index (χ4n) is 1.62. The molecular weight excluding hydrogens is 274 g/mol. The zero-order valence-electron chi connectivity index (χ0n) is 12.2. The summed E-state index contributed by atoms with van der Waals surface area (Å²) in [6.07, 6.45) is 2.90. The molecule has 104 valence electrons. The van der Waals surface area contributed by atoms with E-state index in [-0.39, 0.29) is 0 Å². The second-order valence-electron chi connectivity index (χ2n) is 5.72. The number of hydrogen-bond acceptors (Lipinski definition) is 3. The summed E-state index contributed by atoms with van der Waals surface area (Å²) in [4.78, 5) is 15.7. The van der Waals surface area contributed by atoms with Gasteiger partial charge in [-0.1, -0.05) is 25.7 Å². The van der Waals surface area contributed by atoms with Gasteiger partial charge in [0.1, 0.15) is 0 Å². The molecule has 0 unspecified atom stereocenters. The van der Waals surface area contributed by atoms with Gasteiger partial charge in [0.05, 0.1) is 18.7 Å². The summed E-state index contributed by atoms with van der Waals surface area (Å²) in [5.41, 5.74) is 2.14. The van der Waals surface area contributed by atoms with E-state index in [0.717, 1.165) is 22.3 Å². The minimum Gasteiger partial charge on any atom is -0.478 e. The third kappa shape index (κ3) is 4.84. The molecule has 0 atom stereocenters. The van der Waals surface area contributed by atoms with Gasteiger partial charge < -0.3 is 5.11 Å². The van der Waals surface area contributed by atoms with E-state index in [4.69, 9.17) is 10.1 Å². The first kappa shape index (κ1) is 16.0. The average Bonchev–Trinajstić information content (AvgIpc) is 2.27. The van der Waals surface area contributed by atoms with Crippen molar-refractivity contribution in [2.24, 2.45) is 4.99 Å². The molecule has 0 amide bonds. The first-order valence-corrected chi connectivity index (χ1v) is 11.1. The zero-order chi connectivity index (χ0) is 14.6. The van der Waals surface area contributed by atoms with Gasteiger partial charge in [-0.25, -0.2) is 4.79 Å². The Morgan fingerprint density at radius 3 is 2.42 bits per heavy atom. The van der Waals surface area contributed by atoms with Gasteiger partial charge in [0.15, 0.2) is 0 Å². The monoisotopic (exact) mass is 295 g/mol. The summed E-state index contributed by atoms with van der Waals surface area (Å²) in [7, 11) is -1.21. The molecule has 0 aliphatic carbocycles. The van der Waals surface area contributed by atoms with E-state index in [0.29, 0.717) is 5.56 Å². The van der Waals surface area contributed by atoms with E-state index >= 15 is 0 Å². The van der Waals surface area contributed by atoms with E-state index in [2.05, 4.69) is 19.6 Å². The lowest BCUT2D eigenvalue weighted by Gasteiger charge is -2.13. The van der Waals surface area contributed by atoms with Gasteiger partial charge in [-0.05, 0) is 30.9 Å². The number of aryl methyl sites for hydroxylation is 1. The lowest BCUT2D eigenvalue weighted by Crippen LogP contribution is -2.25. The van der Waals surface area contributed by atoms with Crippen molar-refractivity contribution in [3.63, 3.8) is 0 Å². The highest BCUT2D eigenvalue weighted by Crippen LogP contribution is 2.17. The Hall–Kier alpha value is -1.07. The fraction of sp³-hybridized carbons (Fsp3) is 0.429. The lowest BCUT2D eigenvalue weighted by atomic mass is 10.1. The molecule has 19 heavy (non-hydrogen) atoms. The molecule has 0 spiro atoms. The molecule has 3 nitrogen and oxygen atoms in total. The molecule has 0 heterocycles. The molecule has 0 aliphatic rings. The number of thioether (sulfide) groups is 1. The molecule has 0 bridgehead atoms. The molecule has 0 radical (unpaired) electrons. The van der Waals surface area contributed by atoms with Gasteiger partial charge in [-0.2, -0.15) is 0 Å². The maximum absolute atomic E-state index is 11.0. The quantitative estimate of drug-likeness (QED) is 0.524.